The van der Waals surface area contributed by atoms with Crippen molar-refractivity contribution in [3.05, 3.63) is 39.9 Å². The maximum Gasteiger partial charge on any atom is 0.274 e. The highest BCUT2D eigenvalue weighted by Gasteiger charge is 2.12. The fourth-order valence-electron chi connectivity index (χ4n) is 2.35. The molecule has 1 aromatic rings. The zero-order chi connectivity index (χ0) is 18.7. The fourth-order valence-corrected chi connectivity index (χ4v) is 2.35. The summed E-state index contributed by atoms with van der Waals surface area (Å²) in [6.45, 7) is 8.53. The summed E-state index contributed by atoms with van der Waals surface area (Å²) in [6, 6.07) is 6.54. The van der Waals surface area contributed by atoms with Gasteiger partial charge in [-0.1, -0.05) is 18.2 Å². The molecule has 0 aliphatic heterocycles. The minimum absolute atomic E-state index is 0. The molecule has 0 aliphatic carbocycles. The molecule has 9 heteroatoms. The summed E-state index contributed by atoms with van der Waals surface area (Å²) in [6.07, 6.45) is 0.373. The van der Waals surface area contributed by atoms with Gasteiger partial charge in [-0.15, -0.1) is 24.0 Å². The van der Waals surface area contributed by atoms with Crippen molar-refractivity contribution in [2.75, 3.05) is 26.2 Å². The first-order valence-corrected chi connectivity index (χ1v) is 8.55. The molecule has 0 aromatic heterocycles. The molecule has 0 atom stereocenters. The zero-order valence-corrected chi connectivity index (χ0v) is 17.9. The van der Waals surface area contributed by atoms with Crippen LogP contribution in [0.15, 0.2) is 29.3 Å². The molecule has 0 fully saturated rings. The van der Waals surface area contributed by atoms with Crippen molar-refractivity contribution in [1.82, 2.24) is 15.5 Å². The normalized spacial score (nSPS) is 10.7. The fraction of sp³-hybridized carbons (Fsp3) is 0.529. The second-order valence-corrected chi connectivity index (χ2v) is 5.32. The predicted octanol–water partition coefficient (Wildman–Crippen LogP) is 2.53. The summed E-state index contributed by atoms with van der Waals surface area (Å²) >= 11 is 0. The van der Waals surface area contributed by atoms with E-state index in [-0.39, 0.29) is 42.1 Å². The largest absolute Gasteiger partial charge is 0.357 e. The highest BCUT2D eigenvalue weighted by atomic mass is 127. The van der Waals surface area contributed by atoms with Crippen molar-refractivity contribution < 1.29 is 9.72 Å². The Kier molecular flexibility index (Phi) is 12.3. The van der Waals surface area contributed by atoms with Crippen molar-refractivity contribution in [2.24, 2.45) is 4.99 Å². The zero-order valence-electron chi connectivity index (χ0n) is 15.5. The van der Waals surface area contributed by atoms with E-state index in [1.807, 2.05) is 20.8 Å². The number of amides is 1. The van der Waals surface area contributed by atoms with Crippen LogP contribution < -0.4 is 10.6 Å². The molecule has 0 saturated carbocycles. The Hall–Kier alpha value is -1.91. The Labute approximate surface area is 171 Å². The number of halogens is 1. The van der Waals surface area contributed by atoms with Crippen molar-refractivity contribution >= 4 is 41.5 Å². The summed E-state index contributed by atoms with van der Waals surface area (Å²) in [5.74, 6) is 0.625. The number of nitro benzene ring substituents is 1. The van der Waals surface area contributed by atoms with E-state index in [2.05, 4.69) is 15.6 Å². The topological polar surface area (TPSA) is 99.9 Å². The number of nitrogens with zero attached hydrogens (tertiary/aromatic N) is 3. The minimum Gasteiger partial charge on any atom is -0.357 e. The smallest absolute Gasteiger partial charge is 0.274 e. The number of para-hydroxylation sites is 1. The van der Waals surface area contributed by atoms with Gasteiger partial charge in [0.25, 0.3) is 5.69 Å². The molecule has 1 amide bonds. The summed E-state index contributed by atoms with van der Waals surface area (Å²) in [5.41, 5.74) is 0.600. The summed E-state index contributed by atoms with van der Waals surface area (Å²) in [5, 5.41) is 17.2. The number of hydrogen-bond acceptors (Lipinski definition) is 4. The number of nitro groups is 1. The molecule has 1 aromatic carbocycles. The van der Waals surface area contributed by atoms with Gasteiger partial charge in [-0.05, 0) is 20.8 Å². The van der Waals surface area contributed by atoms with E-state index in [0.29, 0.717) is 44.1 Å². The van der Waals surface area contributed by atoms with Gasteiger partial charge in [0.15, 0.2) is 5.96 Å². The third kappa shape index (κ3) is 7.98. The van der Waals surface area contributed by atoms with Crippen LogP contribution >= 0.6 is 24.0 Å². The van der Waals surface area contributed by atoms with Crippen LogP contribution in [0.25, 0.3) is 0 Å². The van der Waals surface area contributed by atoms with E-state index in [0.717, 1.165) is 0 Å². The van der Waals surface area contributed by atoms with E-state index in [1.165, 1.54) is 6.07 Å². The molecular weight excluding hydrogens is 449 g/mol. The molecule has 2 N–H and O–H groups in total. The first-order valence-electron chi connectivity index (χ1n) is 8.55. The first-order chi connectivity index (χ1) is 12.0. The van der Waals surface area contributed by atoms with E-state index >= 15 is 0 Å². The van der Waals surface area contributed by atoms with Gasteiger partial charge in [-0.3, -0.25) is 14.9 Å². The molecule has 8 nitrogen and oxygen atoms in total. The molecule has 0 spiro atoms. The van der Waals surface area contributed by atoms with Crippen LogP contribution in [0.5, 0.6) is 0 Å². The molecule has 0 radical (unpaired) electrons. The average molecular weight is 477 g/mol. The predicted molar refractivity (Wildman–Crippen MR) is 114 cm³/mol. The maximum absolute atomic E-state index is 12.0. The van der Waals surface area contributed by atoms with E-state index < -0.39 is 4.92 Å². The van der Waals surface area contributed by atoms with Gasteiger partial charge in [0, 0.05) is 38.7 Å². The number of benzene rings is 1. The third-order valence-corrected chi connectivity index (χ3v) is 3.69. The molecule has 0 unspecified atom stereocenters. The molecule has 0 aliphatic rings. The lowest BCUT2D eigenvalue weighted by atomic mass is 10.2. The maximum atomic E-state index is 12.0. The molecule has 26 heavy (non-hydrogen) atoms. The number of carbonyl (C=O) groups excluding carboxylic acids is 1. The minimum atomic E-state index is -0.409. The van der Waals surface area contributed by atoms with E-state index in [1.54, 1.807) is 23.1 Å². The summed E-state index contributed by atoms with van der Waals surface area (Å²) in [4.78, 5) is 28.8. The van der Waals surface area contributed by atoms with Crippen molar-refractivity contribution in [3.63, 3.8) is 0 Å². The lowest BCUT2D eigenvalue weighted by molar-refractivity contribution is -0.385. The lowest BCUT2D eigenvalue weighted by Gasteiger charge is -2.19. The van der Waals surface area contributed by atoms with E-state index in [4.69, 9.17) is 0 Å². The van der Waals surface area contributed by atoms with Crippen LogP contribution in [0, 0.1) is 10.1 Å². The van der Waals surface area contributed by atoms with Gasteiger partial charge in [0.1, 0.15) is 0 Å². The van der Waals surface area contributed by atoms with Gasteiger partial charge >= 0.3 is 0 Å². The van der Waals surface area contributed by atoms with E-state index in [9.17, 15) is 14.9 Å². The second-order valence-electron chi connectivity index (χ2n) is 5.32. The monoisotopic (exact) mass is 477 g/mol. The molecule has 146 valence electrons. The number of aliphatic imine (C=N–C) groups is 1. The van der Waals surface area contributed by atoms with Crippen LogP contribution in [0.3, 0.4) is 0 Å². The van der Waals surface area contributed by atoms with Crippen LogP contribution in [0.4, 0.5) is 5.69 Å². The lowest BCUT2D eigenvalue weighted by Crippen LogP contribution is -2.40. The van der Waals surface area contributed by atoms with Gasteiger partial charge in [0.2, 0.25) is 5.91 Å². The number of rotatable bonds is 9. The third-order valence-electron chi connectivity index (χ3n) is 3.69. The Morgan fingerprint density at radius 1 is 1.19 bits per heavy atom. The Bertz CT molecular complexity index is 606. The second kappa shape index (κ2) is 13.3. The SMILES string of the molecule is CCNC(=NCc1ccccc1[N+](=O)[O-])NCCC(=O)N(CC)CC.I. The Balaban J connectivity index is 0.00000625. The number of nitrogens with one attached hydrogen (secondary N) is 2. The highest BCUT2D eigenvalue weighted by molar-refractivity contribution is 14.0. The molecular formula is C17H28IN5O3. The standard InChI is InChI=1S/C17H27N5O3.HI/c1-4-18-17(19-12-11-16(23)21(5-2)6-3)20-13-14-9-7-8-10-15(14)22(24)25;/h7-10H,4-6,11-13H2,1-3H3,(H2,18,19,20);1H. The summed E-state index contributed by atoms with van der Waals surface area (Å²) in [7, 11) is 0. The average Bonchev–Trinajstić information content (AvgIpc) is 2.60. The van der Waals surface area contributed by atoms with Crippen molar-refractivity contribution in [1.29, 1.82) is 0 Å². The number of carbonyl (C=O) groups is 1. The molecule has 0 heterocycles. The Morgan fingerprint density at radius 3 is 2.42 bits per heavy atom. The van der Waals surface area contributed by atoms with Crippen LogP contribution in [-0.2, 0) is 11.3 Å². The van der Waals surface area contributed by atoms with Gasteiger partial charge in [-0.2, -0.15) is 0 Å². The quantitative estimate of drug-likeness (QED) is 0.187. The Morgan fingerprint density at radius 2 is 1.85 bits per heavy atom. The number of guanidine groups is 1. The molecule has 0 bridgehead atoms. The van der Waals surface area contributed by atoms with Crippen LogP contribution in [-0.4, -0.2) is 47.9 Å². The van der Waals surface area contributed by atoms with Crippen molar-refractivity contribution in [3.8, 4) is 0 Å². The first kappa shape index (κ1) is 24.1. The number of hydrogen-bond donors (Lipinski definition) is 2. The van der Waals surface area contributed by atoms with Crippen molar-refractivity contribution in [2.45, 2.75) is 33.7 Å². The molecule has 0 saturated heterocycles. The molecule has 1 rings (SSSR count). The highest BCUT2D eigenvalue weighted by Crippen LogP contribution is 2.18. The van der Waals surface area contributed by atoms with Gasteiger partial charge in [0.05, 0.1) is 17.0 Å². The van der Waals surface area contributed by atoms with Gasteiger partial charge in [-0.25, -0.2) is 4.99 Å². The van der Waals surface area contributed by atoms with Gasteiger partial charge < -0.3 is 15.5 Å². The van der Waals surface area contributed by atoms with Crippen LogP contribution in [0.2, 0.25) is 0 Å². The summed E-state index contributed by atoms with van der Waals surface area (Å²) < 4.78 is 0. The van der Waals surface area contributed by atoms with Crippen LogP contribution in [0.1, 0.15) is 32.8 Å².